The second-order valence-electron chi connectivity index (χ2n) is 6.81. The molecular weight excluding hydrogens is 312 g/mol. The molecule has 0 N–H and O–H groups in total. The highest BCUT2D eigenvalue weighted by Gasteiger charge is 2.40. The topological polar surface area (TPSA) is 35.5 Å². The summed E-state index contributed by atoms with van der Waals surface area (Å²) in [6, 6.07) is 12.4. The summed E-state index contributed by atoms with van der Waals surface area (Å²) in [6.07, 6.45) is 1.92. The summed E-state index contributed by atoms with van der Waals surface area (Å²) in [4.78, 5) is 12.4. The zero-order chi connectivity index (χ0) is 18.2. The van der Waals surface area contributed by atoms with E-state index in [0.29, 0.717) is 12.2 Å². The van der Waals surface area contributed by atoms with Crippen LogP contribution >= 0.6 is 0 Å². The Bertz CT molecular complexity index is 845. The van der Waals surface area contributed by atoms with E-state index in [1.165, 1.54) is 0 Å². The van der Waals surface area contributed by atoms with Crippen LogP contribution in [0.2, 0.25) is 0 Å². The zero-order valence-electron chi connectivity index (χ0n) is 15.5. The van der Waals surface area contributed by atoms with E-state index in [1.54, 1.807) is 7.11 Å². The van der Waals surface area contributed by atoms with Crippen LogP contribution in [-0.4, -0.2) is 19.7 Å². The maximum absolute atomic E-state index is 12.4. The Morgan fingerprint density at radius 1 is 1.16 bits per heavy atom. The van der Waals surface area contributed by atoms with Gasteiger partial charge in [-0.15, -0.1) is 0 Å². The third-order valence-electron chi connectivity index (χ3n) is 4.99. The Morgan fingerprint density at radius 3 is 2.44 bits per heavy atom. The van der Waals surface area contributed by atoms with E-state index in [0.717, 1.165) is 33.6 Å². The molecule has 0 unspecified atom stereocenters. The van der Waals surface area contributed by atoms with E-state index in [9.17, 15) is 4.79 Å². The number of hydrogen-bond donors (Lipinski definition) is 0. The third kappa shape index (κ3) is 2.74. The number of esters is 1. The summed E-state index contributed by atoms with van der Waals surface area (Å²) in [6.45, 7) is 8.38. The van der Waals surface area contributed by atoms with Crippen LogP contribution in [0, 0.1) is 6.92 Å². The number of benzene rings is 2. The molecular formula is C22H24O3. The van der Waals surface area contributed by atoms with Gasteiger partial charge < -0.3 is 9.47 Å². The first-order valence-electron chi connectivity index (χ1n) is 8.58. The summed E-state index contributed by atoms with van der Waals surface area (Å²) in [7, 11) is 1.68. The molecule has 0 saturated carbocycles. The van der Waals surface area contributed by atoms with Crippen LogP contribution in [0.1, 0.15) is 37.5 Å². The highest BCUT2D eigenvalue weighted by atomic mass is 16.5. The molecule has 3 rings (SSSR count). The van der Waals surface area contributed by atoms with Crippen LogP contribution < -0.4 is 4.74 Å². The van der Waals surface area contributed by atoms with E-state index >= 15 is 0 Å². The van der Waals surface area contributed by atoms with Gasteiger partial charge in [0.2, 0.25) is 0 Å². The zero-order valence-corrected chi connectivity index (χ0v) is 15.5. The fourth-order valence-corrected chi connectivity index (χ4v) is 3.61. The molecule has 2 aromatic carbocycles. The van der Waals surface area contributed by atoms with Gasteiger partial charge in [0.05, 0.1) is 13.7 Å². The number of rotatable bonds is 4. The first-order chi connectivity index (χ1) is 11.9. The first-order valence-corrected chi connectivity index (χ1v) is 8.58. The lowest BCUT2D eigenvalue weighted by molar-refractivity contribution is -0.139. The van der Waals surface area contributed by atoms with Gasteiger partial charge in [-0.05, 0) is 48.2 Å². The largest absolute Gasteiger partial charge is 0.496 e. The second kappa shape index (κ2) is 6.40. The van der Waals surface area contributed by atoms with Crippen LogP contribution in [0.15, 0.2) is 42.0 Å². The molecule has 0 atom stereocenters. The minimum Gasteiger partial charge on any atom is -0.496 e. The van der Waals surface area contributed by atoms with Gasteiger partial charge in [0.25, 0.3) is 0 Å². The SMILES string of the molecule is CCOC(=O)C1=Cc2c(cc(-c3ccccc3)c(C)c2OC)C1(C)C. The quantitative estimate of drug-likeness (QED) is 0.744. The van der Waals surface area contributed by atoms with Crippen LogP contribution in [-0.2, 0) is 14.9 Å². The van der Waals surface area contributed by atoms with Gasteiger partial charge in [0.1, 0.15) is 5.75 Å². The van der Waals surface area contributed by atoms with Crippen LogP contribution in [0.3, 0.4) is 0 Å². The van der Waals surface area contributed by atoms with Crippen LogP contribution in [0.25, 0.3) is 17.2 Å². The molecule has 0 bridgehead atoms. The Labute approximate surface area is 149 Å². The van der Waals surface area contributed by atoms with Crippen LogP contribution in [0.4, 0.5) is 0 Å². The molecule has 0 spiro atoms. The highest BCUT2D eigenvalue weighted by Crippen LogP contribution is 2.48. The predicted molar refractivity (Wildman–Crippen MR) is 101 cm³/mol. The lowest BCUT2D eigenvalue weighted by Crippen LogP contribution is -2.24. The van der Waals surface area contributed by atoms with Crippen molar-refractivity contribution in [2.24, 2.45) is 0 Å². The van der Waals surface area contributed by atoms with Gasteiger partial charge in [0.15, 0.2) is 0 Å². The van der Waals surface area contributed by atoms with Crippen molar-refractivity contribution in [3.8, 4) is 16.9 Å². The molecule has 25 heavy (non-hydrogen) atoms. The number of carbonyl (C=O) groups is 1. The van der Waals surface area contributed by atoms with E-state index < -0.39 is 5.41 Å². The summed E-state index contributed by atoms with van der Waals surface area (Å²) in [5, 5.41) is 0. The van der Waals surface area contributed by atoms with Crippen LogP contribution in [0.5, 0.6) is 5.75 Å². The van der Waals surface area contributed by atoms with Crippen molar-refractivity contribution >= 4 is 12.0 Å². The number of fused-ring (bicyclic) bond motifs is 1. The molecule has 0 amide bonds. The predicted octanol–water partition coefficient (Wildman–Crippen LogP) is 4.91. The third-order valence-corrected chi connectivity index (χ3v) is 4.99. The summed E-state index contributed by atoms with van der Waals surface area (Å²) < 4.78 is 11.0. The molecule has 0 fully saturated rings. The first kappa shape index (κ1) is 17.3. The van der Waals surface area contributed by atoms with Crippen molar-refractivity contribution in [3.63, 3.8) is 0 Å². The normalized spacial score (nSPS) is 14.7. The second-order valence-corrected chi connectivity index (χ2v) is 6.81. The fraction of sp³-hybridized carbons (Fsp3) is 0.318. The molecule has 0 saturated heterocycles. The fourth-order valence-electron chi connectivity index (χ4n) is 3.61. The molecule has 1 aliphatic carbocycles. The lowest BCUT2D eigenvalue weighted by atomic mass is 9.79. The van der Waals surface area contributed by atoms with Crippen molar-refractivity contribution < 1.29 is 14.3 Å². The minimum atomic E-state index is -0.425. The standard InChI is InChI=1S/C22H24O3/c1-6-25-21(23)19-13-17-18(22(19,3)4)12-16(14(2)20(17)24-5)15-10-8-7-9-11-15/h7-13H,6H2,1-5H3. The number of carbonyl (C=O) groups excluding carboxylic acids is 1. The summed E-state index contributed by atoms with van der Waals surface area (Å²) in [5.74, 6) is 0.563. The molecule has 0 aromatic heterocycles. The van der Waals surface area contributed by atoms with Crippen molar-refractivity contribution in [2.75, 3.05) is 13.7 Å². The molecule has 130 valence electrons. The van der Waals surface area contributed by atoms with Crippen molar-refractivity contribution in [2.45, 2.75) is 33.1 Å². The molecule has 1 aliphatic rings. The van der Waals surface area contributed by atoms with E-state index in [-0.39, 0.29) is 5.97 Å². The Balaban J connectivity index is 2.22. The average Bonchev–Trinajstić information content (AvgIpc) is 2.86. The Morgan fingerprint density at radius 2 is 1.84 bits per heavy atom. The maximum Gasteiger partial charge on any atom is 0.334 e. The van der Waals surface area contributed by atoms with Gasteiger partial charge in [-0.1, -0.05) is 44.2 Å². The number of ether oxygens (including phenoxy) is 2. The smallest absolute Gasteiger partial charge is 0.334 e. The van der Waals surface area contributed by atoms with Gasteiger partial charge in [0, 0.05) is 16.6 Å². The van der Waals surface area contributed by atoms with Gasteiger partial charge >= 0.3 is 5.97 Å². The minimum absolute atomic E-state index is 0.260. The highest BCUT2D eigenvalue weighted by molar-refractivity contribution is 6.01. The number of methoxy groups -OCH3 is 1. The summed E-state index contributed by atoms with van der Waals surface area (Å²) >= 11 is 0. The van der Waals surface area contributed by atoms with Gasteiger partial charge in [-0.25, -0.2) is 4.79 Å². The molecule has 0 aliphatic heterocycles. The van der Waals surface area contributed by atoms with E-state index in [1.807, 2.05) is 31.2 Å². The molecule has 0 heterocycles. The molecule has 3 nitrogen and oxygen atoms in total. The van der Waals surface area contributed by atoms with E-state index in [2.05, 4.69) is 39.0 Å². The molecule has 0 radical (unpaired) electrons. The van der Waals surface area contributed by atoms with Crippen molar-refractivity contribution in [1.29, 1.82) is 0 Å². The van der Waals surface area contributed by atoms with Crippen molar-refractivity contribution in [1.82, 2.24) is 0 Å². The Hall–Kier alpha value is -2.55. The monoisotopic (exact) mass is 336 g/mol. The summed E-state index contributed by atoms with van der Waals surface area (Å²) in [5.41, 5.74) is 5.66. The maximum atomic E-state index is 12.4. The van der Waals surface area contributed by atoms with E-state index in [4.69, 9.17) is 9.47 Å². The average molecular weight is 336 g/mol. The molecule has 2 aromatic rings. The van der Waals surface area contributed by atoms with Crippen molar-refractivity contribution in [3.05, 3.63) is 58.7 Å². The van der Waals surface area contributed by atoms with Gasteiger partial charge in [-0.3, -0.25) is 0 Å². The van der Waals surface area contributed by atoms with Gasteiger partial charge in [-0.2, -0.15) is 0 Å². The number of hydrogen-bond acceptors (Lipinski definition) is 3. The molecule has 3 heteroatoms. The Kier molecular flexibility index (Phi) is 4.42. The lowest BCUT2D eigenvalue weighted by Gasteiger charge is -2.25.